The van der Waals surface area contributed by atoms with Crippen molar-refractivity contribution >= 4 is 11.3 Å². The normalized spacial score (nSPS) is 12.8. The predicted octanol–water partition coefficient (Wildman–Crippen LogP) is 3.47. The molecule has 21 heavy (non-hydrogen) atoms. The highest BCUT2D eigenvalue weighted by Gasteiger charge is 2.08. The van der Waals surface area contributed by atoms with Gasteiger partial charge in [0.1, 0.15) is 0 Å². The molecule has 0 aliphatic carbocycles. The average molecular weight is 304 g/mol. The molecule has 2 rings (SSSR count). The number of nitrogens with one attached hydrogen (secondary N) is 1. The molecule has 2 N–H and O–H groups in total. The van der Waals surface area contributed by atoms with Gasteiger partial charge in [0.15, 0.2) is 0 Å². The maximum Gasteiger partial charge on any atom is 0.0914 e. The van der Waals surface area contributed by atoms with Crippen LogP contribution in [0.2, 0.25) is 0 Å². The van der Waals surface area contributed by atoms with E-state index >= 15 is 0 Å². The quantitative estimate of drug-likeness (QED) is 0.823. The van der Waals surface area contributed by atoms with Crippen LogP contribution < -0.4 is 5.32 Å². The van der Waals surface area contributed by atoms with E-state index < -0.39 is 6.10 Å². The number of aryl methyl sites for hydroxylation is 1. The molecule has 4 heteroatoms. The molecule has 0 amide bonds. The lowest BCUT2D eigenvalue weighted by atomic mass is 10.0. The van der Waals surface area contributed by atoms with E-state index in [-0.39, 0.29) is 0 Å². The number of hydrogen-bond donors (Lipinski definition) is 2. The summed E-state index contributed by atoms with van der Waals surface area (Å²) in [4.78, 5) is 5.42. The summed E-state index contributed by atoms with van der Waals surface area (Å²) in [5, 5.41) is 14.6. The van der Waals surface area contributed by atoms with Crippen LogP contribution in [0.5, 0.6) is 0 Å². The van der Waals surface area contributed by atoms with Gasteiger partial charge in [-0.1, -0.05) is 38.1 Å². The standard InChI is InChI=1S/C17H24N2OS/c1-12(2)8-14-4-6-15(7-5-14)17(20)11-18-9-16-10-19-13(3)21-16/h4-7,10,12,17-18,20H,8-9,11H2,1-3H3. The SMILES string of the molecule is Cc1ncc(CNCC(O)c2ccc(CC(C)C)cc2)s1. The van der Waals surface area contributed by atoms with Gasteiger partial charge < -0.3 is 10.4 Å². The van der Waals surface area contributed by atoms with Gasteiger partial charge in [-0.15, -0.1) is 11.3 Å². The predicted molar refractivity (Wildman–Crippen MR) is 88.5 cm³/mol. The van der Waals surface area contributed by atoms with E-state index in [4.69, 9.17) is 0 Å². The molecule has 1 aromatic carbocycles. The van der Waals surface area contributed by atoms with Gasteiger partial charge >= 0.3 is 0 Å². The number of nitrogens with zero attached hydrogens (tertiary/aromatic N) is 1. The zero-order chi connectivity index (χ0) is 15.2. The summed E-state index contributed by atoms with van der Waals surface area (Å²) in [5.74, 6) is 0.658. The molecule has 3 nitrogen and oxygen atoms in total. The minimum absolute atomic E-state index is 0.466. The van der Waals surface area contributed by atoms with Gasteiger partial charge in [0.2, 0.25) is 0 Å². The molecule has 0 aliphatic heterocycles. The van der Waals surface area contributed by atoms with Crippen molar-refractivity contribution < 1.29 is 5.11 Å². The Labute approximate surface area is 131 Å². The van der Waals surface area contributed by atoms with Crippen molar-refractivity contribution in [1.29, 1.82) is 0 Å². The Morgan fingerprint density at radius 2 is 1.95 bits per heavy atom. The van der Waals surface area contributed by atoms with Crippen molar-refractivity contribution in [2.24, 2.45) is 5.92 Å². The maximum absolute atomic E-state index is 10.2. The van der Waals surface area contributed by atoms with Crippen molar-refractivity contribution in [3.63, 3.8) is 0 Å². The zero-order valence-corrected chi connectivity index (χ0v) is 13.8. The van der Waals surface area contributed by atoms with E-state index in [0.29, 0.717) is 12.5 Å². The third-order valence-corrected chi connectivity index (χ3v) is 4.23. The second kappa shape index (κ2) is 7.69. The van der Waals surface area contributed by atoms with Crippen LogP contribution in [0.15, 0.2) is 30.5 Å². The zero-order valence-electron chi connectivity index (χ0n) is 13.0. The minimum Gasteiger partial charge on any atom is -0.387 e. The van der Waals surface area contributed by atoms with Gasteiger partial charge in [-0.2, -0.15) is 0 Å². The van der Waals surface area contributed by atoms with Crippen LogP contribution >= 0.6 is 11.3 Å². The van der Waals surface area contributed by atoms with Crippen molar-refractivity contribution in [2.75, 3.05) is 6.54 Å². The van der Waals surface area contributed by atoms with Crippen LogP contribution in [0.1, 0.15) is 41.0 Å². The van der Waals surface area contributed by atoms with Crippen LogP contribution in [0.25, 0.3) is 0 Å². The summed E-state index contributed by atoms with van der Waals surface area (Å²) in [6, 6.07) is 8.29. The summed E-state index contributed by atoms with van der Waals surface area (Å²) >= 11 is 1.69. The van der Waals surface area contributed by atoms with Gasteiger partial charge in [0.25, 0.3) is 0 Å². The molecule has 0 spiro atoms. The van der Waals surface area contributed by atoms with Gasteiger partial charge in [-0.05, 0) is 30.4 Å². The minimum atomic E-state index is -0.466. The Morgan fingerprint density at radius 3 is 2.52 bits per heavy atom. The van der Waals surface area contributed by atoms with Crippen molar-refractivity contribution in [3.8, 4) is 0 Å². The summed E-state index contributed by atoms with van der Waals surface area (Å²) in [7, 11) is 0. The van der Waals surface area contributed by atoms with Crippen molar-refractivity contribution in [3.05, 3.63) is 51.5 Å². The third kappa shape index (κ3) is 5.23. The highest BCUT2D eigenvalue weighted by Crippen LogP contribution is 2.16. The number of rotatable bonds is 7. The summed E-state index contributed by atoms with van der Waals surface area (Å²) in [5.41, 5.74) is 2.30. The number of benzene rings is 1. The van der Waals surface area contributed by atoms with Crippen molar-refractivity contribution in [2.45, 2.75) is 39.8 Å². The summed E-state index contributed by atoms with van der Waals surface area (Å²) in [6.07, 6.45) is 2.51. The Kier molecular flexibility index (Phi) is 5.91. The van der Waals surface area contributed by atoms with E-state index in [1.165, 1.54) is 10.4 Å². The van der Waals surface area contributed by atoms with Gasteiger partial charge in [-0.3, -0.25) is 0 Å². The largest absolute Gasteiger partial charge is 0.387 e. The second-order valence-corrected chi connectivity index (χ2v) is 7.15. The molecular formula is C17H24N2OS. The Balaban J connectivity index is 1.81. The molecular weight excluding hydrogens is 280 g/mol. The third-order valence-electron chi connectivity index (χ3n) is 3.31. The molecule has 0 fully saturated rings. The maximum atomic E-state index is 10.2. The first-order valence-electron chi connectivity index (χ1n) is 7.43. The summed E-state index contributed by atoms with van der Waals surface area (Å²) < 4.78 is 0. The number of aliphatic hydroxyl groups is 1. The van der Waals surface area contributed by atoms with Gasteiger partial charge in [0, 0.05) is 24.2 Å². The molecule has 114 valence electrons. The smallest absolute Gasteiger partial charge is 0.0914 e. The fraction of sp³-hybridized carbons (Fsp3) is 0.471. The molecule has 0 saturated carbocycles. The van der Waals surface area contributed by atoms with Gasteiger partial charge in [-0.25, -0.2) is 4.98 Å². The Hall–Kier alpha value is -1.23. The monoisotopic (exact) mass is 304 g/mol. The number of thiazole rings is 1. The first-order chi connectivity index (χ1) is 10.0. The fourth-order valence-corrected chi connectivity index (χ4v) is 3.05. The van der Waals surface area contributed by atoms with Crippen LogP contribution in [-0.4, -0.2) is 16.6 Å². The fourth-order valence-electron chi connectivity index (χ4n) is 2.28. The number of hydrogen-bond acceptors (Lipinski definition) is 4. The summed E-state index contributed by atoms with van der Waals surface area (Å²) in [6.45, 7) is 7.75. The molecule has 0 saturated heterocycles. The van der Waals surface area contributed by atoms with E-state index in [0.717, 1.165) is 23.5 Å². The van der Waals surface area contributed by atoms with Crippen LogP contribution in [-0.2, 0) is 13.0 Å². The number of aromatic nitrogens is 1. The lowest BCUT2D eigenvalue weighted by Gasteiger charge is -2.13. The van der Waals surface area contributed by atoms with E-state index in [9.17, 15) is 5.11 Å². The van der Waals surface area contributed by atoms with E-state index in [1.807, 2.05) is 25.3 Å². The van der Waals surface area contributed by atoms with Gasteiger partial charge in [0.05, 0.1) is 11.1 Å². The average Bonchev–Trinajstić information content (AvgIpc) is 2.84. The molecule has 1 atom stereocenters. The molecule has 0 aliphatic rings. The van der Waals surface area contributed by atoms with Crippen LogP contribution in [0.3, 0.4) is 0 Å². The Bertz CT molecular complexity index is 548. The topological polar surface area (TPSA) is 45.2 Å². The van der Waals surface area contributed by atoms with Crippen LogP contribution in [0, 0.1) is 12.8 Å². The van der Waals surface area contributed by atoms with E-state index in [1.54, 1.807) is 11.3 Å². The molecule has 2 aromatic rings. The molecule has 1 aromatic heterocycles. The lowest BCUT2D eigenvalue weighted by molar-refractivity contribution is 0.174. The first kappa shape index (κ1) is 16.1. The van der Waals surface area contributed by atoms with Crippen LogP contribution in [0.4, 0.5) is 0 Å². The lowest BCUT2D eigenvalue weighted by Crippen LogP contribution is -2.20. The first-order valence-corrected chi connectivity index (χ1v) is 8.25. The highest BCUT2D eigenvalue weighted by atomic mass is 32.1. The van der Waals surface area contributed by atoms with Crippen molar-refractivity contribution in [1.82, 2.24) is 10.3 Å². The molecule has 0 bridgehead atoms. The van der Waals surface area contributed by atoms with E-state index in [2.05, 4.69) is 36.3 Å². The molecule has 0 radical (unpaired) electrons. The molecule has 1 unspecified atom stereocenters. The Morgan fingerprint density at radius 1 is 1.24 bits per heavy atom. The highest BCUT2D eigenvalue weighted by molar-refractivity contribution is 7.11. The molecule has 1 heterocycles. The second-order valence-electron chi connectivity index (χ2n) is 5.83. The number of aliphatic hydroxyl groups excluding tert-OH is 1.